The third kappa shape index (κ3) is 2.44. The molecule has 3 heterocycles. The SMILES string of the molecule is C[C@@H]1CN(C(=O)c2nc3cccnc3s2)c2cccc(Cl)c2O1. The predicted octanol–water partition coefficient (Wildman–Crippen LogP) is 3.77. The van der Waals surface area contributed by atoms with Gasteiger partial charge < -0.3 is 4.74 Å². The fourth-order valence-electron chi connectivity index (χ4n) is 2.59. The molecule has 23 heavy (non-hydrogen) atoms. The summed E-state index contributed by atoms with van der Waals surface area (Å²) in [6, 6.07) is 9.05. The van der Waals surface area contributed by atoms with E-state index < -0.39 is 0 Å². The molecule has 0 spiro atoms. The van der Waals surface area contributed by atoms with E-state index in [0.717, 1.165) is 10.3 Å². The fraction of sp³-hybridized carbons (Fsp3) is 0.188. The Morgan fingerprint density at radius 2 is 2.26 bits per heavy atom. The maximum atomic E-state index is 12.9. The number of pyridine rings is 1. The summed E-state index contributed by atoms with van der Waals surface area (Å²) in [5, 5.41) is 0.913. The van der Waals surface area contributed by atoms with Crippen LogP contribution in [0, 0.1) is 0 Å². The van der Waals surface area contributed by atoms with Crippen LogP contribution in [0.25, 0.3) is 10.3 Å². The van der Waals surface area contributed by atoms with E-state index in [1.54, 1.807) is 23.2 Å². The van der Waals surface area contributed by atoms with Crippen LogP contribution in [-0.2, 0) is 0 Å². The van der Waals surface area contributed by atoms with E-state index in [4.69, 9.17) is 16.3 Å². The Bertz CT molecular complexity index is 878. The van der Waals surface area contributed by atoms with Gasteiger partial charge in [-0.2, -0.15) is 0 Å². The third-order valence-electron chi connectivity index (χ3n) is 3.59. The summed E-state index contributed by atoms with van der Waals surface area (Å²) < 4.78 is 5.78. The second kappa shape index (κ2) is 5.47. The van der Waals surface area contributed by atoms with Crippen molar-refractivity contribution in [1.82, 2.24) is 9.97 Å². The summed E-state index contributed by atoms with van der Waals surface area (Å²) in [6.45, 7) is 2.36. The largest absolute Gasteiger partial charge is 0.485 e. The minimum atomic E-state index is -0.160. The van der Waals surface area contributed by atoms with Crippen LogP contribution in [0.15, 0.2) is 36.5 Å². The molecule has 4 rings (SSSR count). The average molecular weight is 346 g/mol. The zero-order valence-electron chi connectivity index (χ0n) is 12.2. The molecule has 0 aliphatic carbocycles. The van der Waals surface area contributed by atoms with E-state index >= 15 is 0 Å². The quantitative estimate of drug-likeness (QED) is 0.673. The summed E-state index contributed by atoms with van der Waals surface area (Å²) in [4.78, 5) is 24.0. The summed E-state index contributed by atoms with van der Waals surface area (Å²) in [6.07, 6.45) is 1.56. The van der Waals surface area contributed by atoms with Crippen LogP contribution in [0.1, 0.15) is 16.7 Å². The van der Waals surface area contributed by atoms with Crippen molar-refractivity contribution in [2.75, 3.05) is 11.4 Å². The first-order valence-corrected chi connectivity index (χ1v) is 8.31. The van der Waals surface area contributed by atoms with Gasteiger partial charge in [-0.1, -0.05) is 29.0 Å². The summed E-state index contributed by atoms with van der Waals surface area (Å²) in [5.41, 5.74) is 1.40. The molecule has 116 valence electrons. The van der Waals surface area contributed by atoms with Gasteiger partial charge in [0.15, 0.2) is 10.8 Å². The third-order valence-corrected chi connectivity index (χ3v) is 4.86. The highest BCUT2D eigenvalue weighted by molar-refractivity contribution is 7.20. The lowest BCUT2D eigenvalue weighted by Gasteiger charge is -2.33. The Morgan fingerprint density at radius 1 is 1.39 bits per heavy atom. The van der Waals surface area contributed by atoms with Gasteiger partial charge in [0.1, 0.15) is 16.5 Å². The number of anilines is 1. The van der Waals surface area contributed by atoms with Gasteiger partial charge in [0.2, 0.25) is 0 Å². The number of hydrogen-bond donors (Lipinski definition) is 0. The number of hydrogen-bond acceptors (Lipinski definition) is 5. The molecule has 0 saturated heterocycles. The number of carbonyl (C=O) groups is 1. The van der Waals surface area contributed by atoms with Crippen molar-refractivity contribution in [1.29, 1.82) is 0 Å². The monoisotopic (exact) mass is 345 g/mol. The fourth-order valence-corrected chi connectivity index (χ4v) is 3.66. The molecule has 0 fully saturated rings. The van der Waals surface area contributed by atoms with Crippen LogP contribution < -0.4 is 9.64 Å². The van der Waals surface area contributed by atoms with E-state index in [-0.39, 0.29) is 12.0 Å². The van der Waals surface area contributed by atoms with Crippen LogP contribution in [0.5, 0.6) is 5.75 Å². The molecular weight excluding hydrogens is 334 g/mol. The number of thiazole rings is 1. The zero-order valence-corrected chi connectivity index (χ0v) is 13.8. The topological polar surface area (TPSA) is 55.3 Å². The minimum Gasteiger partial charge on any atom is -0.485 e. The van der Waals surface area contributed by atoms with Gasteiger partial charge in [-0.25, -0.2) is 9.97 Å². The normalized spacial score (nSPS) is 17.0. The molecule has 1 aromatic carbocycles. The summed E-state index contributed by atoms with van der Waals surface area (Å²) >= 11 is 7.49. The van der Waals surface area contributed by atoms with Gasteiger partial charge >= 0.3 is 0 Å². The van der Waals surface area contributed by atoms with E-state index in [1.165, 1.54) is 11.3 Å². The van der Waals surface area contributed by atoms with Gasteiger partial charge in [0.05, 0.1) is 17.3 Å². The number of amides is 1. The van der Waals surface area contributed by atoms with Gasteiger partial charge in [0, 0.05) is 6.20 Å². The number of nitrogens with zero attached hydrogens (tertiary/aromatic N) is 3. The Hall–Kier alpha value is -2.18. The lowest BCUT2D eigenvalue weighted by Crippen LogP contribution is -2.42. The first kappa shape index (κ1) is 14.4. The molecule has 0 radical (unpaired) electrons. The number of ether oxygens (including phenoxy) is 1. The average Bonchev–Trinajstić information content (AvgIpc) is 2.98. The molecule has 0 N–H and O–H groups in total. The van der Waals surface area contributed by atoms with Crippen LogP contribution in [-0.4, -0.2) is 28.5 Å². The summed E-state index contributed by atoms with van der Waals surface area (Å²) in [7, 11) is 0. The van der Waals surface area contributed by atoms with E-state index in [9.17, 15) is 4.79 Å². The van der Waals surface area contributed by atoms with Crippen molar-refractivity contribution < 1.29 is 9.53 Å². The van der Waals surface area contributed by atoms with Crippen molar-refractivity contribution in [2.45, 2.75) is 13.0 Å². The van der Waals surface area contributed by atoms with Crippen LogP contribution >= 0.6 is 22.9 Å². The molecule has 1 atom stereocenters. The smallest absolute Gasteiger partial charge is 0.287 e. The first-order valence-electron chi connectivity index (χ1n) is 7.12. The Labute approximate surface area is 141 Å². The molecule has 3 aromatic rings. The summed E-state index contributed by atoms with van der Waals surface area (Å²) in [5.74, 6) is 0.382. The molecule has 1 aliphatic heterocycles. The number of aromatic nitrogens is 2. The highest BCUT2D eigenvalue weighted by Gasteiger charge is 2.31. The molecule has 0 bridgehead atoms. The number of carbonyl (C=O) groups excluding carboxylic acids is 1. The highest BCUT2D eigenvalue weighted by Crippen LogP contribution is 2.40. The second-order valence-electron chi connectivity index (χ2n) is 5.28. The zero-order chi connectivity index (χ0) is 16.0. The van der Waals surface area contributed by atoms with Crippen LogP contribution in [0.2, 0.25) is 5.02 Å². The van der Waals surface area contributed by atoms with Crippen molar-refractivity contribution >= 4 is 44.9 Å². The second-order valence-corrected chi connectivity index (χ2v) is 6.66. The Morgan fingerprint density at radius 3 is 3.09 bits per heavy atom. The lowest BCUT2D eigenvalue weighted by molar-refractivity contribution is 0.0961. The molecule has 1 amide bonds. The van der Waals surface area contributed by atoms with Crippen molar-refractivity contribution in [3.05, 3.63) is 46.6 Å². The molecular formula is C16H12ClN3O2S. The van der Waals surface area contributed by atoms with Crippen molar-refractivity contribution in [3.63, 3.8) is 0 Å². The van der Waals surface area contributed by atoms with E-state index in [2.05, 4.69) is 9.97 Å². The lowest BCUT2D eigenvalue weighted by atomic mass is 10.2. The molecule has 7 heteroatoms. The van der Waals surface area contributed by atoms with Gasteiger partial charge in [0.25, 0.3) is 5.91 Å². The van der Waals surface area contributed by atoms with Crippen molar-refractivity contribution in [3.8, 4) is 5.75 Å². The van der Waals surface area contributed by atoms with Crippen LogP contribution in [0.4, 0.5) is 5.69 Å². The minimum absolute atomic E-state index is 0.140. The highest BCUT2D eigenvalue weighted by atomic mass is 35.5. The van der Waals surface area contributed by atoms with E-state index in [1.807, 2.05) is 25.1 Å². The number of halogens is 1. The first-order chi connectivity index (χ1) is 11.1. The Balaban J connectivity index is 1.78. The van der Waals surface area contributed by atoms with Gasteiger partial charge in [-0.3, -0.25) is 9.69 Å². The van der Waals surface area contributed by atoms with Crippen LogP contribution in [0.3, 0.4) is 0 Å². The van der Waals surface area contributed by atoms with E-state index in [0.29, 0.717) is 28.0 Å². The molecule has 5 nitrogen and oxygen atoms in total. The number of benzene rings is 1. The van der Waals surface area contributed by atoms with Gasteiger partial charge in [-0.05, 0) is 31.2 Å². The maximum Gasteiger partial charge on any atom is 0.287 e. The number of para-hydroxylation sites is 1. The van der Waals surface area contributed by atoms with Crippen molar-refractivity contribution in [2.24, 2.45) is 0 Å². The number of fused-ring (bicyclic) bond motifs is 2. The standard InChI is InChI=1S/C16H12ClN3O2S/c1-9-8-20(12-6-2-4-10(17)13(12)22-9)16(21)15-19-11-5-3-7-18-14(11)23-15/h2-7,9H,8H2,1H3/t9-/m1/s1. The van der Waals surface area contributed by atoms with Gasteiger partial charge in [-0.15, -0.1) is 0 Å². The molecule has 1 aliphatic rings. The predicted molar refractivity (Wildman–Crippen MR) is 90.6 cm³/mol. The maximum absolute atomic E-state index is 12.9. The molecule has 2 aromatic heterocycles. The number of rotatable bonds is 1. The molecule has 0 unspecified atom stereocenters. The Kier molecular flexibility index (Phi) is 3.43. The molecule has 0 saturated carbocycles.